The zero-order chi connectivity index (χ0) is 30.0. The summed E-state index contributed by atoms with van der Waals surface area (Å²) < 4.78 is 189. The van der Waals surface area contributed by atoms with Crippen LogP contribution in [-0.4, -0.2) is 102 Å². The van der Waals surface area contributed by atoms with Crippen LogP contribution in [0.1, 0.15) is 0 Å². The normalized spacial score (nSPS) is 25.2. The molecule has 1 aromatic carbocycles. The predicted octanol–water partition coefficient (Wildman–Crippen LogP) is -2.64. The van der Waals surface area contributed by atoms with Crippen molar-refractivity contribution in [3.8, 4) is 11.5 Å². The molecule has 226 valence electrons. The Bertz CT molecular complexity index is 1560. The molecule has 5 atom stereocenters. The van der Waals surface area contributed by atoms with Gasteiger partial charge in [-0.2, -0.15) is 42.1 Å². The molecule has 22 nitrogen and oxygen atoms in total. The summed E-state index contributed by atoms with van der Waals surface area (Å²) in [5.41, 5.74) is 0. The summed E-state index contributed by atoms with van der Waals surface area (Å²) in [5.74, 6) is -1.65. The van der Waals surface area contributed by atoms with Crippen molar-refractivity contribution in [1.29, 1.82) is 0 Å². The Morgan fingerprint density at radius 3 is 1.54 bits per heavy atom. The quantitative estimate of drug-likeness (QED) is 0.134. The molecule has 1 aromatic rings. The first-order valence-corrected chi connectivity index (χ1v) is 15.9. The lowest BCUT2D eigenvalue weighted by molar-refractivity contribution is -0.260. The van der Waals surface area contributed by atoms with Crippen LogP contribution in [0.15, 0.2) is 24.3 Å². The summed E-state index contributed by atoms with van der Waals surface area (Å²) in [6.07, 6.45) is -13.3. The van der Waals surface area contributed by atoms with Gasteiger partial charge in [0.05, 0.1) is 6.61 Å². The lowest BCUT2D eigenvalue weighted by Crippen LogP contribution is -2.63. The second kappa shape index (κ2) is 12.0. The average molecular weight is 673 g/mol. The molecule has 1 aliphatic heterocycles. The molecule has 5 N–H and O–H groups in total. The molecule has 0 unspecified atom stereocenters. The maximum atomic E-state index is 11.5. The van der Waals surface area contributed by atoms with Gasteiger partial charge in [-0.3, -0.25) is 22.8 Å². The van der Waals surface area contributed by atoms with Gasteiger partial charge in [-0.1, -0.05) is 12.1 Å². The first-order valence-electron chi connectivity index (χ1n) is 9.09. The molecule has 27 heteroatoms. The molecule has 0 amide bonds. The Morgan fingerprint density at radius 1 is 0.615 bits per heavy atom. The van der Waals surface area contributed by atoms with Crippen LogP contribution >= 0.6 is 0 Å². The highest BCUT2D eigenvalue weighted by atomic mass is 32.3. The first kappa shape index (κ1) is 33.4. The summed E-state index contributed by atoms with van der Waals surface area (Å²) in [7, 11) is -27.8. The van der Waals surface area contributed by atoms with E-state index < -0.39 is 101 Å². The van der Waals surface area contributed by atoms with E-state index in [-0.39, 0.29) is 0 Å². The number of rotatable bonds is 13. The standard InChI is InChI=1S/C12H16O22S5/c13-35(14,15)28-5-8-9(32-37(19,20)21)10(33-38(22,23)24)11(34-39(25,26)27)12(30-8)29-6-3-1-2-4-7(6)31-36(16,17)18/h1-4,8-12H,5H2,(H,13,14,15)(H,16,17,18)(H,19,20,21)(H,22,23,24)(H,25,26,27)/t8-,9-,10+,11-,12-/m1/s1. The van der Waals surface area contributed by atoms with Crippen LogP contribution in [0.5, 0.6) is 11.5 Å². The van der Waals surface area contributed by atoms with Gasteiger partial charge in [-0.25, -0.2) is 16.7 Å². The third-order valence-corrected chi connectivity index (χ3v) is 6.18. The Morgan fingerprint density at radius 2 is 1.08 bits per heavy atom. The fraction of sp³-hybridized carbons (Fsp3) is 0.500. The van der Waals surface area contributed by atoms with Crippen LogP contribution < -0.4 is 8.92 Å². The fourth-order valence-corrected chi connectivity index (χ4v) is 5.03. The summed E-state index contributed by atoms with van der Waals surface area (Å²) in [4.78, 5) is 0. The number of benzene rings is 1. The van der Waals surface area contributed by atoms with E-state index in [0.717, 1.165) is 24.3 Å². The van der Waals surface area contributed by atoms with Crippen LogP contribution in [0.3, 0.4) is 0 Å². The molecule has 1 aliphatic rings. The van der Waals surface area contributed by atoms with E-state index in [1.165, 1.54) is 0 Å². The maximum absolute atomic E-state index is 11.5. The van der Waals surface area contributed by atoms with E-state index in [9.17, 15) is 42.1 Å². The van der Waals surface area contributed by atoms with E-state index in [0.29, 0.717) is 0 Å². The second-order valence-corrected chi connectivity index (χ2v) is 12.1. The SMILES string of the molecule is O=S(=O)(O)OC[C@H]1O[C@@H](Oc2ccccc2OS(=O)(=O)O)[C@H](OS(=O)(=O)O)[C@@H](OS(=O)(=O)O)[C@@H]1OS(=O)(=O)O. The fourth-order valence-electron chi connectivity index (χ4n) is 2.87. The zero-order valence-corrected chi connectivity index (χ0v) is 22.2. The van der Waals surface area contributed by atoms with Gasteiger partial charge in [0.25, 0.3) is 0 Å². The van der Waals surface area contributed by atoms with E-state index >= 15 is 0 Å². The van der Waals surface area contributed by atoms with Crippen molar-refractivity contribution in [2.75, 3.05) is 6.61 Å². The maximum Gasteiger partial charge on any atom is 0.446 e. The van der Waals surface area contributed by atoms with Crippen molar-refractivity contribution in [2.45, 2.75) is 30.7 Å². The Labute approximate surface area is 220 Å². The lowest BCUT2D eigenvalue weighted by atomic mass is 9.99. The number of hydrogen-bond acceptors (Lipinski definition) is 17. The molecule has 0 radical (unpaired) electrons. The highest BCUT2D eigenvalue weighted by molar-refractivity contribution is 7.82. The molecular weight excluding hydrogens is 656 g/mol. The number of hydrogen-bond donors (Lipinski definition) is 5. The minimum absolute atomic E-state index is 0.793. The molecule has 1 saturated heterocycles. The summed E-state index contributed by atoms with van der Waals surface area (Å²) in [5, 5.41) is 0. The Balaban J connectivity index is 2.70. The molecule has 0 bridgehead atoms. The molecule has 39 heavy (non-hydrogen) atoms. The Hall–Kier alpha value is -1.83. The third-order valence-electron chi connectivity index (χ3n) is 3.96. The van der Waals surface area contributed by atoms with Crippen molar-refractivity contribution < 1.29 is 95.2 Å². The van der Waals surface area contributed by atoms with E-state index in [1.807, 2.05) is 0 Å². The van der Waals surface area contributed by atoms with E-state index in [2.05, 4.69) is 20.9 Å². The predicted molar refractivity (Wildman–Crippen MR) is 115 cm³/mol. The van der Waals surface area contributed by atoms with Gasteiger partial charge < -0.3 is 13.7 Å². The minimum atomic E-state index is -5.77. The van der Waals surface area contributed by atoms with Gasteiger partial charge in [0.2, 0.25) is 6.29 Å². The molecule has 0 spiro atoms. The lowest BCUT2D eigenvalue weighted by Gasteiger charge is -2.42. The molecule has 0 aromatic heterocycles. The summed E-state index contributed by atoms with van der Waals surface area (Å²) >= 11 is 0. The summed E-state index contributed by atoms with van der Waals surface area (Å²) in [6.45, 7) is -1.54. The largest absolute Gasteiger partial charge is 0.458 e. The molecular formula is C12H16O22S5. The van der Waals surface area contributed by atoms with Crippen LogP contribution in [0.2, 0.25) is 0 Å². The van der Waals surface area contributed by atoms with Crippen molar-refractivity contribution in [3.05, 3.63) is 24.3 Å². The zero-order valence-electron chi connectivity index (χ0n) is 18.1. The molecule has 2 rings (SSSR count). The van der Waals surface area contributed by atoms with Crippen LogP contribution in [0, 0.1) is 0 Å². The van der Waals surface area contributed by atoms with Gasteiger partial charge in [-0.15, -0.1) is 0 Å². The van der Waals surface area contributed by atoms with Gasteiger partial charge in [0, 0.05) is 0 Å². The number of para-hydroxylation sites is 2. The van der Waals surface area contributed by atoms with Crippen LogP contribution in [-0.2, 0) is 73.5 Å². The molecule has 0 saturated carbocycles. The molecule has 1 heterocycles. The summed E-state index contributed by atoms with van der Waals surface area (Å²) in [6, 6.07) is 3.92. The first-order chi connectivity index (χ1) is 17.4. The highest BCUT2D eigenvalue weighted by Crippen LogP contribution is 2.35. The highest BCUT2D eigenvalue weighted by Gasteiger charge is 2.55. The number of ether oxygens (including phenoxy) is 2. The van der Waals surface area contributed by atoms with Gasteiger partial charge in [-0.05, 0) is 12.1 Å². The van der Waals surface area contributed by atoms with Gasteiger partial charge >= 0.3 is 52.0 Å². The average Bonchev–Trinajstić information content (AvgIpc) is 2.68. The van der Waals surface area contributed by atoms with E-state index in [1.54, 1.807) is 0 Å². The topological polar surface area (TPSA) is 336 Å². The minimum Gasteiger partial charge on any atom is -0.458 e. The van der Waals surface area contributed by atoms with Crippen molar-refractivity contribution in [1.82, 2.24) is 0 Å². The Kier molecular flexibility index (Phi) is 10.2. The van der Waals surface area contributed by atoms with Crippen molar-refractivity contribution in [3.63, 3.8) is 0 Å². The second-order valence-electron chi connectivity index (χ2n) is 6.80. The smallest absolute Gasteiger partial charge is 0.446 e. The van der Waals surface area contributed by atoms with Crippen molar-refractivity contribution >= 4 is 52.0 Å². The van der Waals surface area contributed by atoms with Crippen molar-refractivity contribution in [2.24, 2.45) is 0 Å². The third kappa shape index (κ3) is 12.1. The van der Waals surface area contributed by atoms with Crippen LogP contribution in [0.25, 0.3) is 0 Å². The monoisotopic (exact) mass is 672 g/mol. The van der Waals surface area contributed by atoms with E-state index in [4.69, 9.17) is 32.2 Å². The van der Waals surface area contributed by atoms with Gasteiger partial charge in [0.15, 0.2) is 17.6 Å². The molecule has 0 aliphatic carbocycles. The molecule has 1 fully saturated rings. The van der Waals surface area contributed by atoms with Crippen LogP contribution in [0.4, 0.5) is 0 Å². The van der Waals surface area contributed by atoms with Gasteiger partial charge in [0.1, 0.15) is 18.3 Å².